The van der Waals surface area contributed by atoms with Crippen molar-refractivity contribution in [3.8, 4) is 11.5 Å². The minimum Gasteiger partial charge on any atom is -0.482 e. The number of carbonyl (C=O) groups excluding carboxylic acids is 1. The lowest BCUT2D eigenvalue weighted by molar-refractivity contribution is -0.120. The number of halogens is 2. The summed E-state index contributed by atoms with van der Waals surface area (Å²) in [5.74, 6) is -3.67. The number of ether oxygens (including phenoxy) is 2. The molecule has 0 saturated carbocycles. The quantitative estimate of drug-likeness (QED) is 0.555. The van der Waals surface area contributed by atoms with Gasteiger partial charge >= 0.3 is 0 Å². The largest absolute Gasteiger partial charge is 0.482 e. The first-order chi connectivity index (χ1) is 14.5. The van der Waals surface area contributed by atoms with Gasteiger partial charge in [-0.3, -0.25) is 4.79 Å². The van der Waals surface area contributed by atoms with Crippen molar-refractivity contribution < 1.29 is 28.2 Å². The van der Waals surface area contributed by atoms with Crippen LogP contribution in [0.15, 0.2) is 66.7 Å². The maximum Gasteiger partial charge on any atom is 0.220 e. The average Bonchev–Trinajstić information content (AvgIpc) is 2.74. The molecule has 3 aromatic rings. The van der Waals surface area contributed by atoms with Crippen LogP contribution in [0.4, 0.5) is 8.78 Å². The van der Waals surface area contributed by atoms with Crippen LogP contribution < -0.4 is 15.2 Å². The summed E-state index contributed by atoms with van der Waals surface area (Å²) in [4.78, 5) is 11.1. The summed E-state index contributed by atoms with van der Waals surface area (Å²) in [6, 6.07) is 18.7. The second kappa shape index (κ2) is 9.84. The first-order valence-corrected chi connectivity index (χ1v) is 9.27. The van der Waals surface area contributed by atoms with Crippen LogP contribution >= 0.6 is 0 Å². The molecule has 0 aliphatic carbocycles. The van der Waals surface area contributed by atoms with Gasteiger partial charge in [0.2, 0.25) is 17.4 Å². The zero-order chi connectivity index (χ0) is 21.5. The molecule has 156 valence electrons. The second-order valence-electron chi connectivity index (χ2n) is 6.65. The van der Waals surface area contributed by atoms with Crippen molar-refractivity contribution in [2.75, 3.05) is 0 Å². The van der Waals surface area contributed by atoms with Gasteiger partial charge in [0.05, 0.1) is 12.5 Å². The Morgan fingerprint density at radius 2 is 1.40 bits per heavy atom. The van der Waals surface area contributed by atoms with Crippen LogP contribution in [0.5, 0.6) is 11.5 Å². The number of primary amides is 1. The van der Waals surface area contributed by atoms with E-state index >= 15 is 4.39 Å². The summed E-state index contributed by atoms with van der Waals surface area (Å²) in [6.07, 6.45) is -2.17. The van der Waals surface area contributed by atoms with Crippen LogP contribution in [0.2, 0.25) is 0 Å². The number of amides is 1. The second-order valence-corrected chi connectivity index (χ2v) is 6.65. The van der Waals surface area contributed by atoms with Crippen LogP contribution in [0.1, 0.15) is 29.2 Å². The smallest absolute Gasteiger partial charge is 0.220 e. The van der Waals surface area contributed by atoms with Crippen molar-refractivity contribution >= 4 is 5.91 Å². The highest BCUT2D eigenvalue weighted by molar-refractivity contribution is 5.74. The number of rotatable bonds is 9. The topological polar surface area (TPSA) is 81.8 Å². The number of aliphatic hydroxyl groups is 1. The predicted octanol–water partition coefficient (Wildman–Crippen LogP) is 4.03. The molecule has 1 atom stereocenters. The van der Waals surface area contributed by atoms with Gasteiger partial charge in [0.1, 0.15) is 13.2 Å². The number of aliphatic hydroxyl groups excluding tert-OH is 1. The lowest BCUT2D eigenvalue weighted by atomic mass is 10.0. The Hall–Kier alpha value is -3.45. The van der Waals surface area contributed by atoms with E-state index in [2.05, 4.69) is 0 Å². The Labute approximate surface area is 172 Å². The number of hydrogen-bond acceptors (Lipinski definition) is 4. The molecule has 0 heterocycles. The molecule has 1 amide bonds. The molecule has 3 aromatic carbocycles. The summed E-state index contributed by atoms with van der Waals surface area (Å²) in [5.41, 5.74) is 6.12. The first kappa shape index (κ1) is 21.3. The van der Waals surface area contributed by atoms with E-state index in [1.54, 1.807) is 48.5 Å². The van der Waals surface area contributed by atoms with Crippen LogP contribution in [-0.4, -0.2) is 11.0 Å². The molecule has 5 nitrogen and oxygen atoms in total. The fraction of sp³-hybridized carbons (Fsp3) is 0.174. The van der Waals surface area contributed by atoms with E-state index in [4.69, 9.17) is 15.2 Å². The van der Waals surface area contributed by atoms with Crippen molar-refractivity contribution in [2.45, 2.75) is 25.7 Å². The third-order valence-electron chi connectivity index (χ3n) is 4.36. The van der Waals surface area contributed by atoms with E-state index < -0.39 is 47.1 Å². The van der Waals surface area contributed by atoms with Crippen molar-refractivity contribution in [2.24, 2.45) is 5.73 Å². The zero-order valence-corrected chi connectivity index (χ0v) is 16.1. The van der Waals surface area contributed by atoms with Crippen LogP contribution in [-0.2, 0) is 18.0 Å². The van der Waals surface area contributed by atoms with E-state index in [1.807, 2.05) is 12.1 Å². The van der Waals surface area contributed by atoms with E-state index in [0.717, 1.165) is 17.2 Å². The monoisotopic (exact) mass is 413 g/mol. The van der Waals surface area contributed by atoms with Gasteiger partial charge in [-0.15, -0.1) is 0 Å². The van der Waals surface area contributed by atoms with E-state index in [-0.39, 0.29) is 13.2 Å². The van der Waals surface area contributed by atoms with Gasteiger partial charge < -0.3 is 20.3 Å². The SMILES string of the molecule is NC(=O)CC(O)c1cc(F)c(OCc2ccccc2)c(OCc2ccccc2)c1F. The number of hydrogen-bond donors (Lipinski definition) is 2. The highest BCUT2D eigenvalue weighted by Gasteiger charge is 2.26. The van der Waals surface area contributed by atoms with Gasteiger partial charge in [0.25, 0.3) is 0 Å². The zero-order valence-electron chi connectivity index (χ0n) is 16.1. The average molecular weight is 413 g/mol. The Kier molecular flexibility index (Phi) is 6.98. The van der Waals surface area contributed by atoms with Gasteiger partial charge in [-0.25, -0.2) is 8.78 Å². The molecular formula is C23H21F2NO4. The summed E-state index contributed by atoms with van der Waals surface area (Å²) < 4.78 is 41.1. The minimum absolute atomic E-state index is 0.0118. The van der Waals surface area contributed by atoms with E-state index in [0.29, 0.717) is 0 Å². The number of benzene rings is 3. The summed E-state index contributed by atoms with van der Waals surface area (Å²) >= 11 is 0. The highest BCUT2D eigenvalue weighted by Crippen LogP contribution is 2.39. The third-order valence-corrected chi connectivity index (χ3v) is 4.36. The van der Waals surface area contributed by atoms with Crippen molar-refractivity contribution in [1.82, 2.24) is 0 Å². The Morgan fingerprint density at radius 1 is 0.900 bits per heavy atom. The normalized spacial score (nSPS) is 11.7. The Balaban J connectivity index is 1.94. The number of carbonyl (C=O) groups is 1. The molecule has 0 aromatic heterocycles. The lowest BCUT2D eigenvalue weighted by Crippen LogP contribution is -2.16. The van der Waals surface area contributed by atoms with Gasteiger partial charge in [0.15, 0.2) is 11.6 Å². The third kappa shape index (κ3) is 5.33. The molecule has 0 radical (unpaired) electrons. The van der Waals surface area contributed by atoms with Gasteiger partial charge in [-0.05, 0) is 17.2 Å². The molecule has 0 bridgehead atoms. The van der Waals surface area contributed by atoms with Gasteiger partial charge in [-0.1, -0.05) is 60.7 Å². The molecule has 3 rings (SSSR count). The molecule has 7 heteroatoms. The summed E-state index contributed by atoms with van der Waals surface area (Å²) in [7, 11) is 0. The molecule has 30 heavy (non-hydrogen) atoms. The molecule has 0 aliphatic heterocycles. The van der Waals surface area contributed by atoms with Crippen LogP contribution in [0, 0.1) is 11.6 Å². The molecule has 0 aliphatic rings. The maximum atomic E-state index is 15.2. The molecule has 0 saturated heterocycles. The van der Waals surface area contributed by atoms with Crippen molar-refractivity contribution in [3.63, 3.8) is 0 Å². The van der Waals surface area contributed by atoms with Gasteiger partial charge in [0, 0.05) is 5.56 Å². The van der Waals surface area contributed by atoms with Crippen LogP contribution in [0.3, 0.4) is 0 Å². The molecule has 0 fully saturated rings. The summed E-state index contributed by atoms with van der Waals surface area (Å²) in [6.45, 7) is -0.0592. The first-order valence-electron chi connectivity index (χ1n) is 9.27. The van der Waals surface area contributed by atoms with Gasteiger partial charge in [-0.2, -0.15) is 0 Å². The lowest BCUT2D eigenvalue weighted by Gasteiger charge is -2.18. The highest BCUT2D eigenvalue weighted by atomic mass is 19.1. The fourth-order valence-electron chi connectivity index (χ4n) is 2.87. The molecule has 3 N–H and O–H groups in total. The summed E-state index contributed by atoms with van der Waals surface area (Å²) in [5, 5.41) is 10.1. The molecule has 0 spiro atoms. The van der Waals surface area contributed by atoms with E-state index in [1.165, 1.54) is 0 Å². The minimum atomic E-state index is -1.61. The molecule has 1 unspecified atom stereocenters. The van der Waals surface area contributed by atoms with Crippen molar-refractivity contribution in [1.29, 1.82) is 0 Å². The fourth-order valence-corrected chi connectivity index (χ4v) is 2.87. The Bertz CT molecular complexity index is 997. The van der Waals surface area contributed by atoms with E-state index in [9.17, 15) is 14.3 Å². The standard InChI is InChI=1S/C23H21F2NO4/c24-18-11-17(19(27)12-20(26)28)21(25)23(30-14-16-9-5-2-6-10-16)22(18)29-13-15-7-3-1-4-8-15/h1-11,19,27H,12-14H2,(H2,26,28). The van der Waals surface area contributed by atoms with Crippen LogP contribution in [0.25, 0.3) is 0 Å². The Morgan fingerprint density at radius 3 is 1.90 bits per heavy atom. The maximum absolute atomic E-state index is 15.2. The predicted molar refractivity (Wildman–Crippen MR) is 107 cm³/mol. The number of nitrogens with two attached hydrogens (primary N) is 1. The molecular weight excluding hydrogens is 392 g/mol. The van der Waals surface area contributed by atoms with Crippen molar-refractivity contribution in [3.05, 3.63) is 95.1 Å².